The second-order valence-electron chi connectivity index (χ2n) is 2.71. The van der Waals surface area contributed by atoms with Crippen molar-refractivity contribution in [1.29, 1.82) is 0 Å². The van der Waals surface area contributed by atoms with Gasteiger partial charge in [0.2, 0.25) is 11.0 Å². The van der Waals surface area contributed by atoms with Crippen LogP contribution in [0.1, 0.15) is 13.3 Å². The standard InChI is InChI=1S/C8H13NO2S2/c1-2-12-5-7(10)9-6-3-4-13-8(6)11/h6H,2-5H2,1H3,(H,9,10)/t6-/m0/s1. The molecule has 1 fully saturated rings. The Kier molecular flexibility index (Phi) is 4.66. The number of hydrogen-bond donors (Lipinski definition) is 1. The molecule has 0 aromatic heterocycles. The first kappa shape index (κ1) is 10.9. The van der Waals surface area contributed by atoms with E-state index in [4.69, 9.17) is 0 Å². The first-order chi connectivity index (χ1) is 6.24. The topological polar surface area (TPSA) is 46.2 Å². The molecule has 1 amide bonds. The largest absolute Gasteiger partial charge is 0.345 e. The number of rotatable bonds is 4. The van der Waals surface area contributed by atoms with Crippen molar-refractivity contribution in [2.75, 3.05) is 17.3 Å². The Labute approximate surface area is 86.4 Å². The molecule has 0 unspecified atom stereocenters. The number of carbonyl (C=O) groups excluding carboxylic acids is 2. The lowest BCUT2D eigenvalue weighted by molar-refractivity contribution is -0.122. The first-order valence-corrected chi connectivity index (χ1v) is 6.41. The summed E-state index contributed by atoms with van der Waals surface area (Å²) in [5.74, 6) is 2.21. The molecule has 1 rings (SSSR count). The first-order valence-electron chi connectivity index (χ1n) is 4.27. The summed E-state index contributed by atoms with van der Waals surface area (Å²) >= 11 is 2.88. The summed E-state index contributed by atoms with van der Waals surface area (Å²) in [5, 5.41) is 2.84. The second-order valence-corrected chi connectivity index (χ2v) is 5.09. The van der Waals surface area contributed by atoms with Crippen LogP contribution in [-0.4, -0.2) is 34.3 Å². The van der Waals surface area contributed by atoms with Crippen LogP contribution in [0.4, 0.5) is 0 Å². The van der Waals surface area contributed by atoms with E-state index in [2.05, 4.69) is 5.32 Å². The molecular formula is C8H13NO2S2. The Morgan fingerprint density at radius 2 is 2.54 bits per heavy atom. The van der Waals surface area contributed by atoms with Gasteiger partial charge in [0, 0.05) is 5.75 Å². The molecule has 3 nitrogen and oxygen atoms in total. The third-order valence-corrected chi connectivity index (χ3v) is 3.59. The average molecular weight is 219 g/mol. The highest BCUT2D eigenvalue weighted by atomic mass is 32.2. The van der Waals surface area contributed by atoms with E-state index < -0.39 is 0 Å². The Morgan fingerprint density at radius 3 is 3.08 bits per heavy atom. The molecule has 1 atom stereocenters. The zero-order valence-electron chi connectivity index (χ0n) is 7.54. The van der Waals surface area contributed by atoms with E-state index in [1.54, 1.807) is 11.8 Å². The molecule has 5 heteroatoms. The van der Waals surface area contributed by atoms with Gasteiger partial charge in [0.15, 0.2) is 0 Å². The summed E-state index contributed by atoms with van der Waals surface area (Å²) in [6.07, 6.45) is 0.784. The number of carbonyl (C=O) groups is 2. The van der Waals surface area contributed by atoms with E-state index in [0.717, 1.165) is 17.9 Å². The zero-order chi connectivity index (χ0) is 9.68. The number of hydrogen-bond acceptors (Lipinski definition) is 4. The van der Waals surface area contributed by atoms with E-state index in [1.807, 2.05) is 6.92 Å². The van der Waals surface area contributed by atoms with E-state index in [-0.39, 0.29) is 17.1 Å². The molecule has 0 radical (unpaired) electrons. The highest BCUT2D eigenvalue weighted by molar-refractivity contribution is 8.14. The van der Waals surface area contributed by atoms with Crippen molar-refractivity contribution >= 4 is 34.5 Å². The molecule has 0 aromatic carbocycles. The predicted octanol–water partition coefficient (Wildman–Crippen LogP) is 0.888. The fourth-order valence-electron chi connectivity index (χ4n) is 1.06. The van der Waals surface area contributed by atoms with Crippen LogP contribution in [0.5, 0.6) is 0 Å². The van der Waals surface area contributed by atoms with Crippen LogP contribution in [0, 0.1) is 0 Å². The normalized spacial score (nSPS) is 21.9. The quantitative estimate of drug-likeness (QED) is 0.762. The third kappa shape index (κ3) is 3.60. The lowest BCUT2D eigenvalue weighted by Crippen LogP contribution is -2.38. The lowest BCUT2D eigenvalue weighted by atomic mass is 10.2. The molecular weight excluding hydrogens is 206 g/mol. The summed E-state index contributed by atoms with van der Waals surface area (Å²) < 4.78 is 0. The van der Waals surface area contributed by atoms with Gasteiger partial charge in [0.1, 0.15) is 0 Å². The minimum Gasteiger partial charge on any atom is -0.345 e. The van der Waals surface area contributed by atoms with Crippen molar-refractivity contribution in [2.45, 2.75) is 19.4 Å². The van der Waals surface area contributed by atoms with E-state index in [1.165, 1.54) is 11.8 Å². The van der Waals surface area contributed by atoms with Gasteiger partial charge in [-0.1, -0.05) is 18.7 Å². The summed E-state index contributed by atoms with van der Waals surface area (Å²) in [4.78, 5) is 22.3. The van der Waals surface area contributed by atoms with Crippen LogP contribution in [0.2, 0.25) is 0 Å². The van der Waals surface area contributed by atoms with Crippen LogP contribution in [0.25, 0.3) is 0 Å². The Morgan fingerprint density at radius 1 is 1.77 bits per heavy atom. The summed E-state index contributed by atoms with van der Waals surface area (Å²) in [7, 11) is 0. The van der Waals surface area contributed by atoms with Gasteiger partial charge in [-0.15, -0.1) is 0 Å². The van der Waals surface area contributed by atoms with Crippen molar-refractivity contribution in [3.8, 4) is 0 Å². The summed E-state index contributed by atoms with van der Waals surface area (Å²) in [6, 6.07) is -0.227. The van der Waals surface area contributed by atoms with E-state index >= 15 is 0 Å². The SMILES string of the molecule is CCSCC(=O)N[C@H]1CCSC1=O. The maximum absolute atomic E-state index is 11.2. The van der Waals surface area contributed by atoms with Gasteiger partial charge in [0.25, 0.3) is 0 Å². The molecule has 74 valence electrons. The smallest absolute Gasteiger partial charge is 0.230 e. The van der Waals surface area contributed by atoms with Crippen molar-refractivity contribution in [1.82, 2.24) is 5.32 Å². The molecule has 0 saturated carbocycles. The maximum atomic E-state index is 11.2. The monoisotopic (exact) mass is 219 g/mol. The van der Waals surface area contributed by atoms with Gasteiger partial charge in [0.05, 0.1) is 11.8 Å². The van der Waals surface area contributed by atoms with Crippen LogP contribution < -0.4 is 5.32 Å². The molecule has 0 aromatic rings. The van der Waals surface area contributed by atoms with Gasteiger partial charge in [-0.2, -0.15) is 11.8 Å². The average Bonchev–Trinajstić information content (AvgIpc) is 2.48. The van der Waals surface area contributed by atoms with Gasteiger partial charge in [-0.05, 0) is 12.2 Å². The van der Waals surface area contributed by atoms with Crippen LogP contribution in [0.15, 0.2) is 0 Å². The van der Waals surface area contributed by atoms with Crippen LogP contribution in [-0.2, 0) is 9.59 Å². The molecule has 1 heterocycles. The molecule has 1 aliphatic heterocycles. The van der Waals surface area contributed by atoms with Gasteiger partial charge in [-0.25, -0.2) is 0 Å². The molecule has 13 heavy (non-hydrogen) atoms. The molecule has 1 saturated heterocycles. The predicted molar refractivity (Wildman–Crippen MR) is 57.0 cm³/mol. The van der Waals surface area contributed by atoms with Crippen molar-refractivity contribution in [3.05, 3.63) is 0 Å². The Bertz CT molecular complexity index is 208. The zero-order valence-corrected chi connectivity index (χ0v) is 9.17. The fraction of sp³-hybridized carbons (Fsp3) is 0.750. The van der Waals surface area contributed by atoms with Crippen LogP contribution in [0.3, 0.4) is 0 Å². The highest BCUT2D eigenvalue weighted by Gasteiger charge is 2.26. The fourth-order valence-corrected chi connectivity index (χ4v) is 2.46. The number of thioether (sulfide) groups is 2. The van der Waals surface area contributed by atoms with E-state index in [9.17, 15) is 9.59 Å². The Balaban J connectivity index is 2.23. The van der Waals surface area contributed by atoms with Crippen molar-refractivity contribution in [3.63, 3.8) is 0 Å². The van der Waals surface area contributed by atoms with Crippen LogP contribution >= 0.6 is 23.5 Å². The minimum absolute atomic E-state index is 0.0206. The van der Waals surface area contributed by atoms with Crippen molar-refractivity contribution < 1.29 is 9.59 Å². The van der Waals surface area contributed by atoms with E-state index in [0.29, 0.717) is 5.75 Å². The molecule has 0 spiro atoms. The number of nitrogens with one attached hydrogen (secondary N) is 1. The minimum atomic E-state index is -0.227. The lowest BCUT2D eigenvalue weighted by Gasteiger charge is -2.08. The summed E-state index contributed by atoms with van der Waals surface area (Å²) in [5.41, 5.74) is 0. The Hall–Kier alpha value is -0.160. The van der Waals surface area contributed by atoms with Gasteiger partial charge < -0.3 is 5.32 Å². The number of amides is 1. The second kappa shape index (κ2) is 5.54. The van der Waals surface area contributed by atoms with Gasteiger partial charge >= 0.3 is 0 Å². The molecule has 1 aliphatic rings. The third-order valence-electron chi connectivity index (χ3n) is 1.71. The van der Waals surface area contributed by atoms with Crippen molar-refractivity contribution in [2.24, 2.45) is 0 Å². The maximum Gasteiger partial charge on any atom is 0.230 e. The molecule has 0 aliphatic carbocycles. The summed E-state index contributed by atoms with van der Waals surface area (Å²) in [6.45, 7) is 2.01. The molecule has 0 bridgehead atoms. The highest BCUT2D eigenvalue weighted by Crippen LogP contribution is 2.19. The molecule has 1 N–H and O–H groups in total. The van der Waals surface area contributed by atoms with Gasteiger partial charge in [-0.3, -0.25) is 9.59 Å².